The molecule has 0 atom stereocenters. The lowest BCUT2D eigenvalue weighted by Gasteiger charge is -1.83. The van der Waals surface area contributed by atoms with Gasteiger partial charge in [-0.25, -0.2) is 0 Å². The van der Waals surface area contributed by atoms with Gasteiger partial charge in [-0.15, -0.1) is 0 Å². The number of carbonyl (C=O) groups is 1. The van der Waals surface area contributed by atoms with Gasteiger partial charge in [0.2, 0.25) is 0 Å². The van der Waals surface area contributed by atoms with Crippen molar-refractivity contribution in [3.63, 3.8) is 0 Å². The van der Waals surface area contributed by atoms with Crippen molar-refractivity contribution in [1.29, 1.82) is 5.26 Å². The maximum Gasteiger partial charge on any atom is 0.305 e. The summed E-state index contributed by atoms with van der Waals surface area (Å²) in [5, 5.41) is 8.11. The molecule has 1 rings (SSSR count). The molecule has 12 heavy (non-hydrogen) atoms. The first kappa shape index (κ1) is 8.04. The van der Waals surface area contributed by atoms with Crippen LogP contribution in [0.25, 0.3) is 0 Å². The highest BCUT2D eigenvalue weighted by Gasteiger charge is 1.88. The molecule has 56 valence electrons. The first-order valence-corrected chi connectivity index (χ1v) is 3.34. The fourth-order valence-electron chi connectivity index (χ4n) is 0.678. The molecule has 0 N–H and O–H groups in total. The van der Waals surface area contributed by atoms with Gasteiger partial charge in [0.25, 0.3) is 0 Å². The number of hydrogen-bond donors (Lipinski definition) is 0. The monoisotopic (exact) mass is 155 g/mol. The third kappa shape index (κ3) is 2.28. The highest BCUT2D eigenvalue weighted by atomic mass is 16.1. The first-order chi connectivity index (χ1) is 5.83. The van der Waals surface area contributed by atoms with Gasteiger partial charge in [-0.1, -0.05) is 24.1 Å². The van der Waals surface area contributed by atoms with E-state index in [0.717, 1.165) is 5.56 Å². The molecular weight excluding hydrogens is 150 g/mol. The SMILES string of the molecule is N#CC(=O)C#Cc1ccccc1. The van der Waals surface area contributed by atoms with Gasteiger partial charge >= 0.3 is 5.78 Å². The largest absolute Gasteiger partial charge is 0.305 e. The Bertz CT molecular complexity index is 376. The van der Waals surface area contributed by atoms with E-state index in [-0.39, 0.29) is 0 Å². The quantitative estimate of drug-likeness (QED) is 0.416. The van der Waals surface area contributed by atoms with E-state index in [1.165, 1.54) is 6.07 Å². The Balaban J connectivity index is 2.82. The van der Waals surface area contributed by atoms with E-state index in [2.05, 4.69) is 11.8 Å². The second-order valence-corrected chi connectivity index (χ2v) is 2.06. The number of hydrogen-bond acceptors (Lipinski definition) is 2. The summed E-state index contributed by atoms with van der Waals surface area (Å²) in [6.45, 7) is 0. The summed E-state index contributed by atoms with van der Waals surface area (Å²) in [4.78, 5) is 10.5. The van der Waals surface area contributed by atoms with E-state index in [9.17, 15) is 4.79 Å². The normalized spacial score (nSPS) is 7.58. The van der Waals surface area contributed by atoms with Gasteiger partial charge in [-0.3, -0.25) is 4.79 Å². The van der Waals surface area contributed by atoms with Crippen molar-refractivity contribution in [2.24, 2.45) is 0 Å². The molecule has 0 heterocycles. The maximum absolute atomic E-state index is 10.5. The average molecular weight is 155 g/mol. The second-order valence-electron chi connectivity index (χ2n) is 2.06. The molecule has 2 nitrogen and oxygen atoms in total. The Kier molecular flexibility index (Phi) is 2.65. The van der Waals surface area contributed by atoms with Crippen LogP contribution in [0, 0.1) is 23.2 Å². The molecule has 0 amide bonds. The molecule has 2 heteroatoms. The predicted octanol–water partition coefficient (Wildman–Crippen LogP) is 1.13. The van der Waals surface area contributed by atoms with E-state index in [1.807, 2.05) is 18.2 Å². The molecule has 0 saturated heterocycles. The molecule has 0 aliphatic rings. The van der Waals surface area contributed by atoms with E-state index in [4.69, 9.17) is 5.26 Å². The lowest BCUT2D eigenvalue weighted by Crippen LogP contribution is -1.84. The fourth-order valence-corrected chi connectivity index (χ4v) is 0.678. The van der Waals surface area contributed by atoms with Gasteiger partial charge in [-0.2, -0.15) is 5.26 Å². The van der Waals surface area contributed by atoms with Crippen molar-refractivity contribution in [2.75, 3.05) is 0 Å². The number of nitriles is 1. The number of nitrogens with zero attached hydrogens (tertiary/aromatic N) is 1. The van der Waals surface area contributed by atoms with Crippen LogP contribution in [0.2, 0.25) is 0 Å². The molecule has 0 bridgehead atoms. The van der Waals surface area contributed by atoms with Crippen molar-refractivity contribution >= 4 is 5.78 Å². The van der Waals surface area contributed by atoms with Gasteiger partial charge in [0.15, 0.2) is 6.07 Å². The van der Waals surface area contributed by atoms with Crippen molar-refractivity contribution < 1.29 is 4.79 Å². The fraction of sp³-hybridized carbons (Fsp3) is 0. The van der Waals surface area contributed by atoms with Crippen LogP contribution in [0.15, 0.2) is 30.3 Å². The van der Waals surface area contributed by atoms with Crippen molar-refractivity contribution in [3.05, 3.63) is 35.9 Å². The van der Waals surface area contributed by atoms with E-state index < -0.39 is 5.78 Å². The molecule has 0 aliphatic heterocycles. The highest BCUT2D eigenvalue weighted by Crippen LogP contribution is 1.94. The van der Waals surface area contributed by atoms with Crippen LogP contribution < -0.4 is 0 Å². The Morgan fingerprint density at radius 1 is 1.25 bits per heavy atom. The molecule has 0 radical (unpaired) electrons. The summed E-state index contributed by atoms with van der Waals surface area (Å²) in [6, 6.07) is 10.5. The summed E-state index contributed by atoms with van der Waals surface area (Å²) in [5.41, 5.74) is 0.737. The molecule has 1 aromatic rings. The minimum Gasteiger partial charge on any atom is -0.267 e. The number of benzene rings is 1. The zero-order chi connectivity index (χ0) is 8.81. The number of rotatable bonds is 0. The van der Waals surface area contributed by atoms with Crippen molar-refractivity contribution in [1.82, 2.24) is 0 Å². The zero-order valence-electron chi connectivity index (χ0n) is 6.24. The maximum atomic E-state index is 10.5. The molecule has 0 aromatic heterocycles. The average Bonchev–Trinajstić information content (AvgIpc) is 2.16. The summed E-state index contributed by atoms with van der Waals surface area (Å²) in [7, 11) is 0. The van der Waals surface area contributed by atoms with Crippen LogP contribution in [0.3, 0.4) is 0 Å². The number of ketones is 1. The van der Waals surface area contributed by atoms with Gasteiger partial charge in [0.1, 0.15) is 0 Å². The zero-order valence-corrected chi connectivity index (χ0v) is 6.24. The molecule has 0 unspecified atom stereocenters. The second kappa shape index (κ2) is 3.95. The number of carbonyl (C=O) groups excluding carboxylic acids is 1. The Hall–Kier alpha value is -2.06. The minimum absolute atomic E-state index is 0.709. The number of Topliss-reactive ketones (excluding diaryl/α,β-unsaturated/α-hetero) is 1. The molecule has 0 saturated carbocycles. The van der Waals surface area contributed by atoms with Crippen LogP contribution >= 0.6 is 0 Å². The van der Waals surface area contributed by atoms with E-state index >= 15 is 0 Å². The van der Waals surface area contributed by atoms with Crippen LogP contribution in [0.5, 0.6) is 0 Å². The van der Waals surface area contributed by atoms with Gasteiger partial charge in [0.05, 0.1) is 0 Å². The standard InChI is InChI=1S/C10H5NO/c11-8-10(12)7-6-9-4-2-1-3-5-9/h1-5H. The Labute approximate surface area is 70.4 Å². The van der Waals surface area contributed by atoms with Gasteiger partial charge in [0, 0.05) is 5.56 Å². The van der Waals surface area contributed by atoms with E-state index in [1.54, 1.807) is 12.1 Å². The minimum atomic E-state index is -0.709. The molecule has 0 fully saturated rings. The molecule has 1 aromatic carbocycles. The van der Waals surface area contributed by atoms with Gasteiger partial charge in [-0.05, 0) is 18.1 Å². The summed E-state index contributed by atoms with van der Waals surface area (Å²) in [6.07, 6.45) is 0. The van der Waals surface area contributed by atoms with Crippen molar-refractivity contribution in [3.8, 4) is 17.9 Å². The highest BCUT2D eigenvalue weighted by molar-refractivity contribution is 6.07. The third-order valence-electron chi connectivity index (χ3n) is 1.20. The van der Waals surface area contributed by atoms with E-state index in [0.29, 0.717) is 0 Å². The summed E-state index contributed by atoms with van der Waals surface area (Å²) in [5.74, 6) is 4.06. The predicted molar refractivity (Wildman–Crippen MR) is 43.9 cm³/mol. The lowest BCUT2D eigenvalue weighted by molar-refractivity contribution is -0.109. The third-order valence-corrected chi connectivity index (χ3v) is 1.20. The van der Waals surface area contributed by atoms with Crippen LogP contribution in [-0.4, -0.2) is 5.78 Å². The molecule has 0 aliphatic carbocycles. The van der Waals surface area contributed by atoms with Crippen LogP contribution in [-0.2, 0) is 4.79 Å². The molecular formula is C10H5NO. The lowest BCUT2D eigenvalue weighted by atomic mass is 10.2. The van der Waals surface area contributed by atoms with Gasteiger partial charge < -0.3 is 0 Å². The topological polar surface area (TPSA) is 40.9 Å². The molecule has 0 spiro atoms. The van der Waals surface area contributed by atoms with Crippen molar-refractivity contribution in [2.45, 2.75) is 0 Å². The smallest absolute Gasteiger partial charge is 0.267 e. The summed E-state index contributed by atoms with van der Waals surface area (Å²) < 4.78 is 0. The Morgan fingerprint density at radius 2 is 1.92 bits per heavy atom. The first-order valence-electron chi connectivity index (χ1n) is 3.34. The Morgan fingerprint density at radius 3 is 2.50 bits per heavy atom. The summed E-state index contributed by atoms with van der Waals surface area (Å²) >= 11 is 0. The van der Waals surface area contributed by atoms with Crippen LogP contribution in [0.1, 0.15) is 5.56 Å². The van der Waals surface area contributed by atoms with Crippen LogP contribution in [0.4, 0.5) is 0 Å².